The van der Waals surface area contributed by atoms with Crippen molar-refractivity contribution in [2.24, 2.45) is 5.73 Å². The van der Waals surface area contributed by atoms with Crippen molar-refractivity contribution in [3.05, 3.63) is 0 Å². The number of nitrogens with zero attached hydrogens (tertiary/aromatic N) is 1. The molecule has 2 nitrogen and oxygen atoms in total. The minimum atomic E-state index is 0.317. The van der Waals surface area contributed by atoms with Crippen LogP contribution in [0, 0.1) is 0 Å². The third kappa shape index (κ3) is 1.87. The molecule has 0 amide bonds. The zero-order valence-corrected chi connectivity index (χ0v) is 7.53. The molecule has 1 aliphatic rings. The molecule has 1 rings (SSSR count). The van der Waals surface area contributed by atoms with Crippen LogP contribution in [-0.2, 0) is 0 Å². The van der Waals surface area contributed by atoms with Crippen LogP contribution in [0.3, 0.4) is 0 Å². The Labute approximate surface area is 67.1 Å². The van der Waals surface area contributed by atoms with Crippen LogP contribution in [-0.4, -0.2) is 42.1 Å². The summed E-state index contributed by atoms with van der Waals surface area (Å²) in [7, 11) is 2.16. The van der Waals surface area contributed by atoms with Crippen molar-refractivity contribution in [2.75, 3.05) is 25.1 Å². The van der Waals surface area contributed by atoms with Crippen LogP contribution in [0.5, 0.6) is 0 Å². The molecule has 0 spiro atoms. The van der Waals surface area contributed by atoms with Crippen molar-refractivity contribution in [2.45, 2.75) is 19.0 Å². The van der Waals surface area contributed by atoms with Gasteiger partial charge in [0.1, 0.15) is 0 Å². The van der Waals surface area contributed by atoms with Crippen LogP contribution in [0.15, 0.2) is 0 Å². The lowest BCUT2D eigenvalue weighted by molar-refractivity contribution is 0.243. The van der Waals surface area contributed by atoms with E-state index in [1.165, 1.54) is 18.1 Å². The summed E-state index contributed by atoms with van der Waals surface area (Å²) >= 11 is 2.01. The molecule has 1 aliphatic heterocycles. The fourth-order valence-electron chi connectivity index (χ4n) is 1.26. The zero-order chi connectivity index (χ0) is 7.56. The summed E-state index contributed by atoms with van der Waals surface area (Å²) in [4.78, 5) is 2.36. The SMILES string of the molecule is CC(N)C1CSCCN1C. The number of nitrogens with two attached hydrogens (primary N) is 1. The lowest BCUT2D eigenvalue weighted by atomic mass is 10.1. The van der Waals surface area contributed by atoms with Gasteiger partial charge < -0.3 is 10.6 Å². The van der Waals surface area contributed by atoms with E-state index in [0.717, 1.165) is 0 Å². The fourth-order valence-corrected chi connectivity index (χ4v) is 2.64. The second-order valence-corrected chi connectivity index (χ2v) is 4.13. The molecule has 0 aromatic rings. The summed E-state index contributed by atoms with van der Waals surface area (Å²) < 4.78 is 0. The highest BCUT2D eigenvalue weighted by Crippen LogP contribution is 2.15. The fraction of sp³-hybridized carbons (Fsp3) is 1.00. The Morgan fingerprint density at radius 2 is 2.40 bits per heavy atom. The highest BCUT2D eigenvalue weighted by atomic mass is 32.2. The highest BCUT2D eigenvalue weighted by Gasteiger charge is 2.21. The van der Waals surface area contributed by atoms with Crippen LogP contribution in [0.4, 0.5) is 0 Å². The predicted molar refractivity (Wildman–Crippen MR) is 47.4 cm³/mol. The van der Waals surface area contributed by atoms with E-state index in [1.807, 2.05) is 11.8 Å². The molecule has 3 heteroatoms. The Morgan fingerprint density at radius 3 is 2.80 bits per heavy atom. The van der Waals surface area contributed by atoms with Gasteiger partial charge in [-0.15, -0.1) is 0 Å². The van der Waals surface area contributed by atoms with Gasteiger partial charge in [0.2, 0.25) is 0 Å². The minimum absolute atomic E-state index is 0.317. The van der Waals surface area contributed by atoms with E-state index in [9.17, 15) is 0 Å². The lowest BCUT2D eigenvalue weighted by Crippen LogP contribution is -2.49. The maximum atomic E-state index is 5.80. The maximum Gasteiger partial charge on any atom is 0.0332 e. The van der Waals surface area contributed by atoms with E-state index in [2.05, 4.69) is 18.9 Å². The van der Waals surface area contributed by atoms with Gasteiger partial charge in [-0.3, -0.25) is 0 Å². The molecule has 0 aromatic heterocycles. The highest BCUT2D eigenvalue weighted by molar-refractivity contribution is 7.99. The summed E-state index contributed by atoms with van der Waals surface area (Å²) in [5.41, 5.74) is 5.80. The first-order valence-electron chi connectivity index (χ1n) is 3.75. The summed E-state index contributed by atoms with van der Waals surface area (Å²) in [6.07, 6.45) is 0. The van der Waals surface area contributed by atoms with Crippen molar-refractivity contribution in [3.63, 3.8) is 0 Å². The Balaban J connectivity index is 2.40. The molecule has 0 aromatic carbocycles. The van der Waals surface area contributed by atoms with Crippen molar-refractivity contribution >= 4 is 11.8 Å². The average Bonchev–Trinajstić information content (AvgIpc) is 1.88. The van der Waals surface area contributed by atoms with Gasteiger partial charge in [0.15, 0.2) is 0 Å². The Hall–Kier alpha value is 0.270. The van der Waals surface area contributed by atoms with Gasteiger partial charge in [0.25, 0.3) is 0 Å². The van der Waals surface area contributed by atoms with E-state index in [0.29, 0.717) is 12.1 Å². The molecule has 2 unspecified atom stereocenters. The largest absolute Gasteiger partial charge is 0.327 e. The molecule has 0 radical (unpaired) electrons. The molecule has 2 atom stereocenters. The van der Waals surface area contributed by atoms with Gasteiger partial charge in [-0.05, 0) is 14.0 Å². The van der Waals surface area contributed by atoms with E-state index in [4.69, 9.17) is 5.73 Å². The van der Waals surface area contributed by atoms with Gasteiger partial charge in [-0.25, -0.2) is 0 Å². The lowest BCUT2D eigenvalue weighted by Gasteiger charge is -2.34. The van der Waals surface area contributed by atoms with Crippen LogP contribution in [0.2, 0.25) is 0 Å². The third-order valence-electron chi connectivity index (χ3n) is 2.05. The second kappa shape index (κ2) is 3.60. The summed E-state index contributed by atoms with van der Waals surface area (Å²) in [5, 5.41) is 0. The third-order valence-corrected chi connectivity index (χ3v) is 3.10. The molecule has 1 fully saturated rings. The average molecular weight is 160 g/mol. The monoisotopic (exact) mass is 160 g/mol. The molecule has 60 valence electrons. The number of hydrogen-bond donors (Lipinski definition) is 1. The molecule has 2 N–H and O–H groups in total. The van der Waals surface area contributed by atoms with E-state index in [-0.39, 0.29) is 0 Å². The molecular formula is C7H16N2S. The first-order valence-corrected chi connectivity index (χ1v) is 4.91. The number of rotatable bonds is 1. The van der Waals surface area contributed by atoms with E-state index in [1.54, 1.807) is 0 Å². The Bertz CT molecular complexity index is 106. The van der Waals surface area contributed by atoms with Gasteiger partial charge >= 0.3 is 0 Å². The first kappa shape index (κ1) is 8.37. The van der Waals surface area contributed by atoms with Crippen LogP contribution >= 0.6 is 11.8 Å². The summed E-state index contributed by atoms with van der Waals surface area (Å²) in [6.45, 7) is 3.28. The molecule has 0 aliphatic carbocycles. The summed E-state index contributed by atoms with van der Waals surface area (Å²) in [5.74, 6) is 2.47. The molecule has 1 saturated heterocycles. The molecule has 0 bridgehead atoms. The molecule has 10 heavy (non-hydrogen) atoms. The zero-order valence-electron chi connectivity index (χ0n) is 6.71. The number of hydrogen-bond acceptors (Lipinski definition) is 3. The smallest absolute Gasteiger partial charge is 0.0332 e. The standard InChI is InChI=1S/C7H16N2S/c1-6(8)7-5-10-4-3-9(7)2/h6-7H,3-5,8H2,1-2H3. The molecule has 0 saturated carbocycles. The number of thioether (sulfide) groups is 1. The molecule has 1 heterocycles. The maximum absolute atomic E-state index is 5.80. The van der Waals surface area contributed by atoms with Crippen molar-refractivity contribution in [1.29, 1.82) is 0 Å². The Morgan fingerprint density at radius 1 is 1.70 bits per heavy atom. The predicted octanol–water partition coefficient (Wildman–Crippen LogP) is 0.381. The minimum Gasteiger partial charge on any atom is -0.327 e. The van der Waals surface area contributed by atoms with Crippen molar-refractivity contribution in [3.8, 4) is 0 Å². The second-order valence-electron chi connectivity index (χ2n) is 2.98. The summed E-state index contributed by atoms with van der Waals surface area (Å²) in [6, 6.07) is 0.913. The van der Waals surface area contributed by atoms with Gasteiger partial charge in [-0.1, -0.05) is 0 Å². The van der Waals surface area contributed by atoms with Gasteiger partial charge in [-0.2, -0.15) is 11.8 Å². The van der Waals surface area contributed by atoms with Crippen LogP contribution < -0.4 is 5.73 Å². The topological polar surface area (TPSA) is 29.3 Å². The normalized spacial score (nSPS) is 32.1. The van der Waals surface area contributed by atoms with E-state index >= 15 is 0 Å². The van der Waals surface area contributed by atoms with Crippen molar-refractivity contribution in [1.82, 2.24) is 4.90 Å². The number of likely N-dealkylation sites (N-methyl/N-ethyl adjacent to an activating group) is 1. The Kier molecular flexibility index (Phi) is 3.01. The van der Waals surface area contributed by atoms with E-state index < -0.39 is 0 Å². The first-order chi connectivity index (χ1) is 4.72. The van der Waals surface area contributed by atoms with Gasteiger partial charge in [0.05, 0.1) is 0 Å². The van der Waals surface area contributed by atoms with Crippen LogP contribution in [0.1, 0.15) is 6.92 Å². The quantitative estimate of drug-likeness (QED) is 0.601. The van der Waals surface area contributed by atoms with Crippen LogP contribution in [0.25, 0.3) is 0 Å². The van der Waals surface area contributed by atoms with Gasteiger partial charge in [0, 0.05) is 30.1 Å². The molecular weight excluding hydrogens is 144 g/mol. The van der Waals surface area contributed by atoms with Crippen molar-refractivity contribution < 1.29 is 0 Å².